The summed E-state index contributed by atoms with van der Waals surface area (Å²) in [5, 5.41) is 6.11. The Kier molecular flexibility index (Phi) is 5.84. The molecule has 1 saturated heterocycles. The first-order valence-corrected chi connectivity index (χ1v) is 9.48. The van der Waals surface area contributed by atoms with E-state index in [9.17, 15) is 4.79 Å². The van der Waals surface area contributed by atoms with Gasteiger partial charge in [-0.3, -0.25) is 0 Å². The van der Waals surface area contributed by atoms with Gasteiger partial charge in [0.1, 0.15) is 11.9 Å². The number of rotatable bonds is 4. The first-order chi connectivity index (χ1) is 12.0. The topological polar surface area (TPSA) is 59.6 Å². The number of hydrogen-bond donors (Lipinski definition) is 2. The van der Waals surface area contributed by atoms with Gasteiger partial charge in [0.05, 0.1) is 13.2 Å². The Morgan fingerprint density at radius 1 is 1.20 bits per heavy atom. The Bertz CT molecular complexity index is 591. The van der Waals surface area contributed by atoms with E-state index in [0.29, 0.717) is 0 Å². The minimum Gasteiger partial charge on any atom is -0.490 e. The highest BCUT2D eigenvalue weighted by Gasteiger charge is 2.28. The van der Waals surface area contributed by atoms with Crippen LogP contribution in [0.2, 0.25) is 0 Å². The molecule has 2 aliphatic rings. The molecule has 1 heterocycles. The fraction of sp³-hybridized carbons (Fsp3) is 0.650. The van der Waals surface area contributed by atoms with Crippen LogP contribution in [0.5, 0.6) is 5.75 Å². The Balaban J connectivity index is 1.55. The van der Waals surface area contributed by atoms with Crippen LogP contribution in [0.15, 0.2) is 18.2 Å². The lowest BCUT2D eigenvalue weighted by molar-refractivity contribution is 0.0253. The van der Waals surface area contributed by atoms with Crippen LogP contribution in [0, 0.1) is 6.92 Å². The van der Waals surface area contributed by atoms with Gasteiger partial charge in [-0.15, -0.1) is 0 Å². The van der Waals surface area contributed by atoms with Gasteiger partial charge in [-0.05, 0) is 50.5 Å². The maximum atomic E-state index is 12.3. The summed E-state index contributed by atoms with van der Waals surface area (Å²) >= 11 is 0. The molecule has 0 atom stereocenters. The SMILES string of the molecule is Cc1cc(NC(=O)NC2(C)CCCCC2)ccc1OC1CCOCC1. The molecule has 2 N–H and O–H groups in total. The van der Waals surface area contributed by atoms with Crippen LogP contribution >= 0.6 is 0 Å². The molecular weight excluding hydrogens is 316 g/mol. The van der Waals surface area contributed by atoms with Crippen molar-refractivity contribution < 1.29 is 14.3 Å². The quantitative estimate of drug-likeness (QED) is 0.849. The average Bonchev–Trinajstić information content (AvgIpc) is 2.58. The predicted octanol–water partition coefficient (Wildman–Crippen LogP) is 4.40. The zero-order valence-electron chi connectivity index (χ0n) is 15.4. The lowest BCUT2D eigenvalue weighted by atomic mass is 9.83. The van der Waals surface area contributed by atoms with Crippen molar-refractivity contribution in [2.24, 2.45) is 0 Å². The third-order valence-electron chi connectivity index (χ3n) is 5.27. The summed E-state index contributed by atoms with van der Waals surface area (Å²) in [7, 11) is 0. The molecule has 0 spiro atoms. The van der Waals surface area contributed by atoms with Crippen molar-refractivity contribution in [3.8, 4) is 5.75 Å². The van der Waals surface area contributed by atoms with Crippen LogP contribution in [0.3, 0.4) is 0 Å². The maximum Gasteiger partial charge on any atom is 0.319 e. The molecule has 2 amide bonds. The minimum absolute atomic E-state index is 0.0799. The molecule has 0 radical (unpaired) electrons. The van der Waals surface area contributed by atoms with Crippen LogP contribution in [0.25, 0.3) is 0 Å². The summed E-state index contributed by atoms with van der Waals surface area (Å²) < 4.78 is 11.4. The number of amides is 2. The summed E-state index contributed by atoms with van der Waals surface area (Å²) in [5.41, 5.74) is 1.76. The van der Waals surface area contributed by atoms with Gasteiger partial charge in [-0.25, -0.2) is 4.79 Å². The zero-order valence-corrected chi connectivity index (χ0v) is 15.4. The van der Waals surface area contributed by atoms with E-state index in [1.54, 1.807) is 0 Å². The molecule has 3 rings (SSSR count). The van der Waals surface area contributed by atoms with Crippen LogP contribution < -0.4 is 15.4 Å². The van der Waals surface area contributed by atoms with E-state index in [4.69, 9.17) is 9.47 Å². The smallest absolute Gasteiger partial charge is 0.319 e. The number of carbonyl (C=O) groups excluding carboxylic acids is 1. The second-order valence-corrected chi connectivity index (χ2v) is 7.61. The predicted molar refractivity (Wildman–Crippen MR) is 99.3 cm³/mol. The van der Waals surface area contributed by atoms with E-state index < -0.39 is 0 Å². The van der Waals surface area contributed by atoms with E-state index in [-0.39, 0.29) is 17.7 Å². The van der Waals surface area contributed by atoms with E-state index in [1.165, 1.54) is 19.3 Å². The van der Waals surface area contributed by atoms with Gasteiger partial charge in [0.25, 0.3) is 0 Å². The molecule has 0 bridgehead atoms. The number of anilines is 1. The zero-order chi connectivity index (χ0) is 17.7. The second kappa shape index (κ2) is 8.09. The molecular formula is C20H30N2O3. The first-order valence-electron chi connectivity index (χ1n) is 9.48. The average molecular weight is 346 g/mol. The fourth-order valence-electron chi connectivity index (χ4n) is 3.73. The third-order valence-corrected chi connectivity index (χ3v) is 5.27. The molecule has 0 unspecified atom stereocenters. The maximum absolute atomic E-state index is 12.3. The van der Waals surface area contributed by atoms with E-state index in [2.05, 4.69) is 17.6 Å². The fourth-order valence-corrected chi connectivity index (χ4v) is 3.73. The number of nitrogens with one attached hydrogen (secondary N) is 2. The minimum atomic E-state index is -0.123. The molecule has 5 heteroatoms. The highest BCUT2D eigenvalue weighted by atomic mass is 16.5. The van der Waals surface area contributed by atoms with Gasteiger partial charge in [0.15, 0.2) is 0 Å². The number of benzene rings is 1. The molecule has 0 aromatic heterocycles. The third kappa shape index (κ3) is 5.11. The van der Waals surface area contributed by atoms with Gasteiger partial charge < -0.3 is 20.1 Å². The molecule has 1 saturated carbocycles. The molecule has 1 aromatic carbocycles. The Hall–Kier alpha value is -1.75. The Morgan fingerprint density at radius 3 is 2.60 bits per heavy atom. The van der Waals surface area contributed by atoms with Gasteiger partial charge >= 0.3 is 6.03 Å². The lowest BCUT2D eigenvalue weighted by Gasteiger charge is -2.34. The van der Waals surface area contributed by atoms with Crippen LogP contribution in [-0.2, 0) is 4.74 Å². The standard InChI is InChI=1S/C20H30N2O3/c1-15-14-16(6-7-18(15)25-17-8-12-24-13-9-17)21-19(23)22-20(2)10-4-3-5-11-20/h6-7,14,17H,3-5,8-13H2,1-2H3,(H2,21,22,23). The Labute approximate surface area is 150 Å². The van der Waals surface area contributed by atoms with Gasteiger partial charge in [-0.2, -0.15) is 0 Å². The summed E-state index contributed by atoms with van der Waals surface area (Å²) in [6.45, 7) is 5.69. The van der Waals surface area contributed by atoms with Crippen molar-refractivity contribution in [1.29, 1.82) is 0 Å². The summed E-state index contributed by atoms with van der Waals surface area (Å²) in [6.07, 6.45) is 7.84. The van der Waals surface area contributed by atoms with Crippen molar-refractivity contribution in [3.05, 3.63) is 23.8 Å². The van der Waals surface area contributed by atoms with Crippen molar-refractivity contribution in [2.75, 3.05) is 18.5 Å². The lowest BCUT2D eigenvalue weighted by Crippen LogP contribution is -2.48. The van der Waals surface area contributed by atoms with E-state index in [1.807, 2.05) is 25.1 Å². The number of hydrogen-bond acceptors (Lipinski definition) is 3. The van der Waals surface area contributed by atoms with Gasteiger partial charge in [0.2, 0.25) is 0 Å². The number of aryl methyl sites for hydroxylation is 1. The summed E-state index contributed by atoms with van der Waals surface area (Å²) in [4.78, 5) is 12.3. The molecule has 5 nitrogen and oxygen atoms in total. The van der Waals surface area contributed by atoms with Crippen molar-refractivity contribution in [3.63, 3.8) is 0 Å². The largest absolute Gasteiger partial charge is 0.490 e. The van der Waals surface area contributed by atoms with Gasteiger partial charge in [0, 0.05) is 24.1 Å². The van der Waals surface area contributed by atoms with Crippen LogP contribution in [0.1, 0.15) is 57.4 Å². The van der Waals surface area contributed by atoms with E-state index in [0.717, 1.165) is 55.9 Å². The summed E-state index contributed by atoms with van der Waals surface area (Å²) in [6, 6.07) is 5.70. The van der Waals surface area contributed by atoms with Gasteiger partial charge in [-0.1, -0.05) is 19.3 Å². The van der Waals surface area contributed by atoms with E-state index >= 15 is 0 Å². The molecule has 1 aliphatic heterocycles. The molecule has 138 valence electrons. The van der Waals surface area contributed by atoms with Crippen LogP contribution in [0.4, 0.5) is 10.5 Å². The highest BCUT2D eigenvalue weighted by molar-refractivity contribution is 5.90. The van der Waals surface area contributed by atoms with Crippen molar-refractivity contribution >= 4 is 11.7 Å². The monoisotopic (exact) mass is 346 g/mol. The first kappa shape index (κ1) is 18.1. The number of carbonyl (C=O) groups is 1. The Morgan fingerprint density at radius 2 is 1.92 bits per heavy atom. The molecule has 25 heavy (non-hydrogen) atoms. The summed E-state index contributed by atoms with van der Waals surface area (Å²) in [5.74, 6) is 0.886. The van der Waals surface area contributed by atoms with Crippen LogP contribution in [-0.4, -0.2) is 30.9 Å². The van der Waals surface area contributed by atoms with Crippen molar-refractivity contribution in [2.45, 2.75) is 70.4 Å². The normalized spacial score (nSPS) is 20.7. The second-order valence-electron chi connectivity index (χ2n) is 7.61. The molecule has 1 aliphatic carbocycles. The number of ether oxygens (including phenoxy) is 2. The molecule has 1 aromatic rings. The van der Waals surface area contributed by atoms with Crippen molar-refractivity contribution in [1.82, 2.24) is 5.32 Å². The highest BCUT2D eigenvalue weighted by Crippen LogP contribution is 2.28. The molecule has 2 fully saturated rings. The number of urea groups is 1.